The number of likely N-dealkylation sites (tertiary alicyclic amines) is 1. The van der Waals surface area contributed by atoms with Gasteiger partial charge in [0, 0.05) is 19.1 Å². The highest BCUT2D eigenvalue weighted by Crippen LogP contribution is 2.20. The summed E-state index contributed by atoms with van der Waals surface area (Å²) in [5, 5.41) is 5.99. The summed E-state index contributed by atoms with van der Waals surface area (Å²) in [6.07, 6.45) is 6.18. The standard InChI is InChI=1S/C18H28N4O3/c1-12-13(2)25-16(20-12)10-19-17(23)14-6-5-9-22(11-14)18(24)21-15-7-3-4-8-15/h14-15H,3-11H2,1-2H3,(H,19,23)(H,21,24)/t14-/m1/s1. The lowest BCUT2D eigenvalue weighted by Gasteiger charge is -2.32. The van der Waals surface area contributed by atoms with Crippen LogP contribution >= 0.6 is 0 Å². The number of oxazole rings is 1. The summed E-state index contributed by atoms with van der Waals surface area (Å²) >= 11 is 0. The van der Waals surface area contributed by atoms with E-state index in [1.165, 1.54) is 12.8 Å². The zero-order valence-corrected chi connectivity index (χ0v) is 15.1. The fourth-order valence-corrected chi connectivity index (χ4v) is 3.63. The zero-order valence-electron chi connectivity index (χ0n) is 15.1. The van der Waals surface area contributed by atoms with Gasteiger partial charge in [-0.2, -0.15) is 0 Å². The van der Waals surface area contributed by atoms with Crippen molar-refractivity contribution in [2.24, 2.45) is 5.92 Å². The molecule has 0 spiro atoms. The van der Waals surface area contributed by atoms with Gasteiger partial charge in [0.25, 0.3) is 0 Å². The molecule has 1 aliphatic heterocycles. The molecule has 0 unspecified atom stereocenters. The molecule has 2 N–H and O–H groups in total. The number of nitrogens with zero attached hydrogens (tertiary/aromatic N) is 2. The highest BCUT2D eigenvalue weighted by molar-refractivity contribution is 5.80. The van der Waals surface area contributed by atoms with E-state index in [2.05, 4.69) is 15.6 Å². The van der Waals surface area contributed by atoms with Gasteiger partial charge in [0.2, 0.25) is 11.8 Å². The number of carbonyl (C=O) groups is 2. The average Bonchev–Trinajstić information content (AvgIpc) is 3.23. The van der Waals surface area contributed by atoms with Gasteiger partial charge in [0.05, 0.1) is 18.2 Å². The number of carbonyl (C=O) groups excluding carboxylic acids is 2. The smallest absolute Gasteiger partial charge is 0.317 e. The first kappa shape index (κ1) is 17.8. The van der Waals surface area contributed by atoms with Crippen LogP contribution < -0.4 is 10.6 Å². The number of piperidine rings is 1. The van der Waals surface area contributed by atoms with Gasteiger partial charge in [0.1, 0.15) is 5.76 Å². The Morgan fingerprint density at radius 1 is 1.20 bits per heavy atom. The lowest BCUT2D eigenvalue weighted by atomic mass is 9.97. The van der Waals surface area contributed by atoms with Gasteiger partial charge in [0.15, 0.2) is 0 Å². The predicted molar refractivity (Wildman–Crippen MR) is 92.9 cm³/mol. The van der Waals surface area contributed by atoms with Crippen LogP contribution in [0.2, 0.25) is 0 Å². The summed E-state index contributed by atoms with van der Waals surface area (Å²) in [5.41, 5.74) is 0.844. The van der Waals surface area contributed by atoms with E-state index in [1.807, 2.05) is 13.8 Å². The van der Waals surface area contributed by atoms with Crippen molar-refractivity contribution in [1.29, 1.82) is 0 Å². The molecule has 0 aromatic carbocycles. The molecule has 1 aromatic rings. The van der Waals surface area contributed by atoms with Crippen molar-refractivity contribution in [2.75, 3.05) is 13.1 Å². The minimum atomic E-state index is -0.166. The van der Waals surface area contributed by atoms with Crippen molar-refractivity contribution >= 4 is 11.9 Å². The van der Waals surface area contributed by atoms with Crippen molar-refractivity contribution in [3.63, 3.8) is 0 Å². The van der Waals surface area contributed by atoms with E-state index >= 15 is 0 Å². The van der Waals surface area contributed by atoms with Crippen LogP contribution in [-0.2, 0) is 11.3 Å². The van der Waals surface area contributed by atoms with Gasteiger partial charge >= 0.3 is 6.03 Å². The Balaban J connectivity index is 1.48. The van der Waals surface area contributed by atoms with Gasteiger partial charge in [-0.15, -0.1) is 0 Å². The van der Waals surface area contributed by atoms with E-state index in [0.29, 0.717) is 18.5 Å². The van der Waals surface area contributed by atoms with Crippen LogP contribution in [0.25, 0.3) is 0 Å². The average molecular weight is 348 g/mol. The van der Waals surface area contributed by atoms with Crippen LogP contribution in [0, 0.1) is 19.8 Å². The predicted octanol–water partition coefficient (Wildman–Crippen LogP) is 2.27. The van der Waals surface area contributed by atoms with Gasteiger partial charge in [-0.1, -0.05) is 12.8 Å². The van der Waals surface area contributed by atoms with Gasteiger partial charge in [-0.3, -0.25) is 4.79 Å². The second-order valence-corrected chi connectivity index (χ2v) is 7.18. The monoisotopic (exact) mass is 348 g/mol. The molecule has 3 amide bonds. The molecule has 2 aliphatic rings. The molecule has 0 bridgehead atoms. The number of aryl methyl sites for hydroxylation is 2. The Morgan fingerprint density at radius 3 is 2.64 bits per heavy atom. The van der Waals surface area contributed by atoms with E-state index in [4.69, 9.17) is 4.42 Å². The molecule has 2 heterocycles. The summed E-state index contributed by atoms with van der Waals surface area (Å²) in [6, 6.07) is 0.279. The van der Waals surface area contributed by atoms with Gasteiger partial charge in [-0.05, 0) is 39.5 Å². The van der Waals surface area contributed by atoms with Gasteiger partial charge < -0.3 is 20.0 Å². The summed E-state index contributed by atoms with van der Waals surface area (Å²) in [5.74, 6) is 1.10. The molecule has 7 nitrogen and oxygen atoms in total. The maximum absolute atomic E-state index is 12.4. The lowest BCUT2D eigenvalue weighted by Crippen LogP contribution is -2.50. The highest BCUT2D eigenvalue weighted by Gasteiger charge is 2.29. The summed E-state index contributed by atoms with van der Waals surface area (Å²) < 4.78 is 5.49. The first-order valence-electron chi connectivity index (χ1n) is 9.29. The fraction of sp³-hybridized carbons (Fsp3) is 0.722. The quantitative estimate of drug-likeness (QED) is 0.874. The van der Waals surface area contributed by atoms with E-state index in [-0.39, 0.29) is 24.4 Å². The van der Waals surface area contributed by atoms with Crippen LogP contribution in [-0.4, -0.2) is 41.0 Å². The number of aromatic nitrogens is 1. The van der Waals surface area contributed by atoms with E-state index in [1.54, 1.807) is 4.90 Å². The minimum Gasteiger partial charge on any atom is -0.444 e. The minimum absolute atomic E-state index is 0.0247. The molecule has 138 valence electrons. The topological polar surface area (TPSA) is 87.5 Å². The van der Waals surface area contributed by atoms with Crippen molar-refractivity contribution in [3.05, 3.63) is 17.3 Å². The summed E-state index contributed by atoms with van der Waals surface area (Å²) in [6.45, 7) is 5.23. The molecule has 1 saturated carbocycles. The lowest BCUT2D eigenvalue weighted by molar-refractivity contribution is -0.126. The third-order valence-corrected chi connectivity index (χ3v) is 5.25. The Morgan fingerprint density at radius 2 is 1.96 bits per heavy atom. The third-order valence-electron chi connectivity index (χ3n) is 5.25. The van der Waals surface area contributed by atoms with Crippen molar-refractivity contribution < 1.29 is 14.0 Å². The van der Waals surface area contributed by atoms with E-state index in [0.717, 1.165) is 43.7 Å². The first-order valence-corrected chi connectivity index (χ1v) is 9.29. The van der Waals surface area contributed by atoms with Crippen LogP contribution in [0.3, 0.4) is 0 Å². The molecule has 1 aliphatic carbocycles. The first-order chi connectivity index (χ1) is 12.0. The molecule has 25 heavy (non-hydrogen) atoms. The zero-order chi connectivity index (χ0) is 17.8. The second-order valence-electron chi connectivity index (χ2n) is 7.18. The SMILES string of the molecule is Cc1nc(CNC(=O)[C@@H]2CCCN(C(=O)NC3CCCC3)C2)oc1C. The summed E-state index contributed by atoms with van der Waals surface area (Å²) in [4.78, 5) is 30.9. The molecule has 7 heteroatoms. The number of rotatable bonds is 4. The third kappa shape index (κ3) is 4.52. The maximum Gasteiger partial charge on any atom is 0.317 e. The fourth-order valence-electron chi connectivity index (χ4n) is 3.63. The van der Waals surface area contributed by atoms with E-state index < -0.39 is 0 Å². The number of urea groups is 1. The van der Waals surface area contributed by atoms with Crippen LogP contribution in [0.4, 0.5) is 4.79 Å². The molecule has 2 fully saturated rings. The normalized spacial score (nSPS) is 21.4. The second kappa shape index (κ2) is 7.89. The van der Waals surface area contributed by atoms with Gasteiger partial charge in [-0.25, -0.2) is 9.78 Å². The van der Waals surface area contributed by atoms with Crippen molar-refractivity contribution in [3.8, 4) is 0 Å². The Hall–Kier alpha value is -2.05. The number of nitrogens with one attached hydrogen (secondary N) is 2. The van der Waals surface area contributed by atoms with Crippen LogP contribution in [0.5, 0.6) is 0 Å². The van der Waals surface area contributed by atoms with Crippen molar-refractivity contribution in [1.82, 2.24) is 20.5 Å². The highest BCUT2D eigenvalue weighted by atomic mass is 16.4. The number of hydrogen-bond donors (Lipinski definition) is 2. The Bertz CT molecular complexity index is 602. The number of hydrogen-bond acceptors (Lipinski definition) is 4. The molecule has 1 saturated heterocycles. The van der Waals surface area contributed by atoms with Crippen LogP contribution in [0.15, 0.2) is 4.42 Å². The molecule has 0 radical (unpaired) electrons. The molecule has 1 atom stereocenters. The molecule has 1 aromatic heterocycles. The van der Waals surface area contributed by atoms with E-state index in [9.17, 15) is 9.59 Å². The molecular formula is C18H28N4O3. The summed E-state index contributed by atoms with van der Waals surface area (Å²) in [7, 11) is 0. The molecule has 3 rings (SSSR count). The maximum atomic E-state index is 12.4. The van der Waals surface area contributed by atoms with Crippen molar-refractivity contribution in [2.45, 2.75) is 65.0 Å². The molecular weight excluding hydrogens is 320 g/mol. The Labute approximate surface area is 148 Å². The van der Waals surface area contributed by atoms with Crippen LogP contribution in [0.1, 0.15) is 55.9 Å². The Kier molecular flexibility index (Phi) is 5.60. The number of amides is 3. The largest absolute Gasteiger partial charge is 0.444 e.